The zero-order valence-electron chi connectivity index (χ0n) is 12.7. The van der Waals surface area contributed by atoms with Crippen LogP contribution in [0.1, 0.15) is 12.0 Å². The number of pyridine rings is 1. The van der Waals surface area contributed by atoms with Crippen molar-refractivity contribution in [2.45, 2.75) is 12.8 Å². The molecular formula is C18H19N3O2. The Labute approximate surface area is 134 Å². The van der Waals surface area contributed by atoms with E-state index in [9.17, 15) is 9.90 Å². The maximum Gasteiger partial charge on any atom is 0.306 e. The third-order valence-corrected chi connectivity index (χ3v) is 4.11. The van der Waals surface area contributed by atoms with Gasteiger partial charge in [-0.2, -0.15) is 0 Å². The summed E-state index contributed by atoms with van der Waals surface area (Å²) in [6.07, 6.45) is 6.40. The first-order valence-electron chi connectivity index (χ1n) is 7.62. The molecular weight excluding hydrogens is 290 g/mol. The molecule has 0 bridgehead atoms. The lowest BCUT2D eigenvalue weighted by atomic mass is 9.95. The fraction of sp³-hybridized carbons (Fsp3) is 0.222. The van der Waals surface area contributed by atoms with Crippen molar-refractivity contribution < 1.29 is 9.90 Å². The number of carboxylic acid groups (broad SMARTS) is 1. The van der Waals surface area contributed by atoms with Gasteiger partial charge in [0.25, 0.3) is 0 Å². The molecule has 2 heterocycles. The monoisotopic (exact) mass is 309 g/mol. The lowest BCUT2D eigenvalue weighted by Crippen LogP contribution is -2.20. The van der Waals surface area contributed by atoms with Crippen molar-refractivity contribution in [3.8, 4) is 11.1 Å². The molecule has 118 valence electrons. The zero-order valence-corrected chi connectivity index (χ0v) is 12.7. The Kier molecular flexibility index (Phi) is 4.39. The SMILES string of the molecule is NCCC(Cc1c[nH]c2cc(-c3ccncc3)ccc12)C(=O)O. The number of nitrogens with one attached hydrogen (secondary N) is 1. The quantitative estimate of drug-likeness (QED) is 0.653. The zero-order chi connectivity index (χ0) is 16.2. The molecule has 5 nitrogen and oxygen atoms in total. The summed E-state index contributed by atoms with van der Waals surface area (Å²) < 4.78 is 0. The fourth-order valence-electron chi connectivity index (χ4n) is 2.86. The Morgan fingerprint density at radius 2 is 2.00 bits per heavy atom. The third kappa shape index (κ3) is 3.24. The molecule has 1 unspecified atom stereocenters. The molecule has 0 amide bonds. The fourth-order valence-corrected chi connectivity index (χ4v) is 2.86. The highest BCUT2D eigenvalue weighted by Crippen LogP contribution is 2.27. The van der Waals surface area contributed by atoms with Gasteiger partial charge in [-0.1, -0.05) is 12.1 Å². The van der Waals surface area contributed by atoms with Crippen LogP contribution in [0.3, 0.4) is 0 Å². The van der Waals surface area contributed by atoms with Crippen molar-refractivity contribution in [3.63, 3.8) is 0 Å². The van der Waals surface area contributed by atoms with Crippen LogP contribution in [0.15, 0.2) is 48.9 Å². The number of carboxylic acids is 1. The number of aromatic amines is 1. The number of hydrogen-bond acceptors (Lipinski definition) is 3. The number of fused-ring (bicyclic) bond motifs is 1. The van der Waals surface area contributed by atoms with E-state index in [0.717, 1.165) is 27.6 Å². The maximum absolute atomic E-state index is 11.3. The summed E-state index contributed by atoms with van der Waals surface area (Å²) in [7, 11) is 0. The number of carbonyl (C=O) groups is 1. The average molecular weight is 309 g/mol. The molecule has 0 spiro atoms. The number of aliphatic carboxylic acids is 1. The van der Waals surface area contributed by atoms with Crippen molar-refractivity contribution in [2.24, 2.45) is 11.7 Å². The maximum atomic E-state index is 11.3. The lowest BCUT2D eigenvalue weighted by Gasteiger charge is -2.10. The molecule has 0 fully saturated rings. The summed E-state index contributed by atoms with van der Waals surface area (Å²) in [5, 5.41) is 10.4. The number of nitrogens with two attached hydrogens (primary N) is 1. The Morgan fingerprint density at radius 1 is 1.22 bits per heavy atom. The van der Waals surface area contributed by atoms with E-state index in [4.69, 9.17) is 5.73 Å². The molecule has 0 saturated carbocycles. The van der Waals surface area contributed by atoms with E-state index in [1.165, 1.54) is 0 Å². The molecule has 23 heavy (non-hydrogen) atoms. The average Bonchev–Trinajstić information content (AvgIpc) is 2.97. The number of hydrogen-bond donors (Lipinski definition) is 3. The van der Waals surface area contributed by atoms with Gasteiger partial charge >= 0.3 is 5.97 Å². The van der Waals surface area contributed by atoms with E-state index in [2.05, 4.69) is 16.0 Å². The number of benzene rings is 1. The number of aromatic nitrogens is 2. The molecule has 3 aromatic rings. The molecule has 1 atom stereocenters. The van der Waals surface area contributed by atoms with Crippen molar-refractivity contribution in [3.05, 3.63) is 54.5 Å². The van der Waals surface area contributed by atoms with Crippen LogP contribution < -0.4 is 5.73 Å². The molecule has 0 saturated heterocycles. The first kappa shape index (κ1) is 15.2. The van der Waals surface area contributed by atoms with Gasteiger partial charge in [-0.15, -0.1) is 0 Å². The summed E-state index contributed by atoms with van der Waals surface area (Å²) in [5.41, 5.74) is 9.74. The molecule has 0 aliphatic carbocycles. The van der Waals surface area contributed by atoms with Crippen LogP contribution >= 0.6 is 0 Å². The van der Waals surface area contributed by atoms with Crippen molar-refractivity contribution in [2.75, 3.05) is 6.54 Å². The standard InChI is InChI=1S/C18H19N3O2/c19-6-3-14(18(22)23)9-15-11-21-17-10-13(1-2-16(15)17)12-4-7-20-8-5-12/h1-2,4-5,7-8,10-11,14,21H,3,6,9,19H2,(H,22,23). The minimum Gasteiger partial charge on any atom is -0.481 e. The molecule has 3 rings (SSSR count). The Morgan fingerprint density at radius 3 is 2.70 bits per heavy atom. The minimum absolute atomic E-state index is 0.380. The van der Waals surface area contributed by atoms with Crippen LogP contribution in [0, 0.1) is 5.92 Å². The lowest BCUT2D eigenvalue weighted by molar-refractivity contribution is -0.141. The van der Waals surface area contributed by atoms with Gasteiger partial charge in [-0.05, 0) is 54.3 Å². The molecule has 0 radical (unpaired) electrons. The molecule has 5 heteroatoms. The van der Waals surface area contributed by atoms with E-state index >= 15 is 0 Å². The topological polar surface area (TPSA) is 92.0 Å². The summed E-state index contributed by atoms with van der Waals surface area (Å²) >= 11 is 0. The van der Waals surface area contributed by atoms with Crippen LogP contribution in [0.25, 0.3) is 22.0 Å². The van der Waals surface area contributed by atoms with Gasteiger partial charge in [0, 0.05) is 29.5 Å². The molecule has 0 aliphatic heterocycles. The van der Waals surface area contributed by atoms with E-state index in [0.29, 0.717) is 19.4 Å². The third-order valence-electron chi connectivity index (χ3n) is 4.11. The molecule has 1 aromatic carbocycles. The molecule has 2 aromatic heterocycles. The number of H-pyrrole nitrogens is 1. The number of nitrogens with zero attached hydrogens (tertiary/aromatic N) is 1. The second kappa shape index (κ2) is 6.62. The Hall–Kier alpha value is -2.66. The van der Waals surface area contributed by atoms with E-state index < -0.39 is 11.9 Å². The summed E-state index contributed by atoms with van der Waals surface area (Å²) in [4.78, 5) is 18.6. The summed E-state index contributed by atoms with van der Waals surface area (Å²) in [5.74, 6) is -1.24. The van der Waals surface area contributed by atoms with Crippen molar-refractivity contribution >= 4 is 16.9 Å². The Balaban J connectivity index is 1.91. The van der Waals surface area contributed by atoms with Crippen LogP contribution in [-0.2, 0) is 11.2 Å². The first-order valence-corrected chi connectivity index (χ1v) is 7.62. The predicted molar refractivity (Wildman–Crippen MR) is 90.0 cm³/mol. The van der Waals surface area contributed by atoms with Crippen LogP contribution in [-0.4, -0.2) is 27.6 Å². The van der Waals surface area contributed by atoms with E-state index in [1.807, 2.05) is 30.5 Å². The highest BCUT2D eigenvalue weighted by atomic mass is 16.4. The van der Waals surface area contributed by atoms with Crippen LogP contribution in [0.4, 0.5) is 0 Å². The first-order chi connectivity index (χ1) is 11.2. The van der Waals surface area contributed by atoms with E-state index in [1.54, 1.807) is 12.4 Å². The smallest absolute Gasteiger partial charge is 0.306 e. The van der Waals surface area contributed by atoms with Gasteiger partial charge in [0.15, 0.2) is 0 Å². The second-order valence-corrected chi connectivity index (χ2v) is 5.63. The van der Waals surface area contributed by atoms with Crippen LogP contribution in [0.5, 0.6) is 0 Å². The van der Waals surface area contributed by atoms with Gasteiger partial charge in [-0.25, -0.2) is 0 Å². The number of rotatable bonds is 6. The van der Waals surface area contributed by atoms with Gasteiger partial charge < -0.3 is 15.8 Å². The van der Waals surface area contributed by atoms with Gasteiger partial charge in [0.1, 0.15) is 0 Å². The van der Waals surface area contributed by atoms with Crippen molar-refractivity contribution in [1.29, 1.82) is 0 Å². The van der Waals surface area contributed by atoms with Crippen molar-refractivity contribution in [1.82, 2.24) is 9.97 Å². The van der Waals surface area contributed by atoms with Crippen LogP contribution in [0.2, 0.25) is 0 Å². The highest BCUT2D eigenvalue weighted by Gasteiger charge is 2.19. The Bertz CT molecular complexity index is 812. The minimum atomic E-state index is -0.793. The highest BCUT2D eigenvalue weighted by molar-refractivity contribution is 5.88. The van der Waals surface area contributed by atoms with Gasteiger partial charge in [0.05, 0.1) is 5.92 Å². The van der Waals surface area contributed by atoms with Gasteiger partial charge in [-0.3, -0.25) is 9.78 Å². The predicted octanol–water partition coefficient (Wildman–Crippen LogP) is 2.82. The van der Waals surface area contributed by atoms with E-state index in [-0.39, 0.29) is 0 Å². The summed E-state index contributed by atoms with van der Waals surface area (Å²) in [6, 6.07) is 10.1. The normalized spacial score (nSPS) is 12.4. The molecule has 4 N–H and O–H groups in total. The van der Waals surface area contributed by atoms with Gasteiger partial charge in [0.2, 0.25) is 0 Å². The summed E-state index contributed by atoms with van der Waals surface area (Å²) in [6.45, 7) is 0.380. The largest absolute Gasteiger partial charge is 0.481 e. The second-order valence-electron chi connectivity index (χ2n) is 5.63. The molecule has 0 aliphatic rings.